The van der Waals surface area contributed by atoms with Gasteiger partial charge in [0, 0.05) is 0 Å². The third-order valence-corrected chi connectivity index (χ3v) is 0. The van der Waals surface area contributed by atoms with Gasteiger partial charge in [0.1, 0.15) is 0 Å². The van der Waals surface area contributed by atoms with E-state index in [4.69, 9.17) is 6.65 Å². The first-order valence-corrected chi connectivity index (χ1v) is 4.21. The summed E-state index contributed by atoms with van der Waals surface area (Å²) < 4.78 is 17.9. The molecule has 0 fully saturated rings. The van der Waals surface area contributed by atoms with Crippen LogP contribution in [0.25, 0.3) is 0 Å². The predicted octanol–water partition coefficient (Wildman–Crippen LogP) is 0.408. The van der Waals surface area contributed by atoms with Gasteiger partial charge in [-0.15, -0.1) is 0 Å². The van der Waals surface area contributed by atoms with Crippen LogP contribution in [0.3, 0.4) is 0 Å². The van der Waals surface area contributed by atoms with Gasteiger partial charge in [0.05, 0.1) is 0 Å². The molecule has 0 saturated heterocycles. The molecule has 0 saturated carbocycles. The molecular weight excluding hydrogens is 112 g/mol. The average Bonchev–Trinajstić information content (AvgIpc) is 0.811. The molecule has 0 aromatic heterocycles. The Balaban J connectivity index is 4.65. The van der Waals surface area contributed by atoms with Crippen LogP contribution in [-0.2, 0) is 22.6 Å². The quantitative estimate of drug-likeness (QED) is 0.425. The maximum atomic E-state index is 8.95. The first-order chi connectivity index (χ1) is 1.73. The van der Waals surface area contributed by atoms with Crippen molar-refractivity contribution in [2.45, 2.75) is 0 Å². The van der Waals surface area contributed by atoms with E-state index in [1.54, 1.807) is 0 Å². The van der Waals surface area contributed by atoms with E-state index in [0.29, 0.717) is 0 Å². The summed E-state index contributed by atoms with van der Waals surface area (Å²) in [4.78, 5) is 0. The maximum absolute atomic E-state index is 8.95. The Morgan fingerprint density at radius 3 is 1.50 bits per heavy atom. The zero-order valence-corrected chi connectivity index (χ0v) is 4.10. The Hall–Kier alpha value is 0.534. The fourth-order valence-electron chi connectivity index (χ4n) is 0. The minimum absolute atomic E-state index is 3.25. The van der Waals surface area contributed by atoms with Gasteiger partial charge in [0.2, 0.25) is 0 Å². The van der Waals surface area contributed by atoms with Crippen molar-refractivity contribution >= 4 is 9.70 Å². The molecule has 0 atom stereocenters. The van der Waals surface area contributed by atoms with Crippen molar-refractivity contribution in [3.8, 4) is 0 Å². The molecule has 22 valence electrons. The summed E-state index contributed by atoms with van der Waals surface area (Å²) in [5, 5.41) is 0. The summed E-state index contributed by atoms with van der Waals surface area (Å²) in [5.74, 6) is 0. The van der Waals surface area contributed by atoms with E-state index in [0.717, 1.165) is 0 Å². The van der Waals surface area contributed by atoms with E-state index < -0.39 is 16.0 Å². The van der Waals surface area contributed by atoms with Gasteiger partial charge in [-0.2, -0.15) is 0 Å². The molecule has 0 bridgehead atoms. The SMILES string of the molecule is [O]=[Ti](=[O])=[S]. The molecule has 2 nitrogen and oxygen atoms in total. The van der Waals surface area contributed by atoms with Crippen LogP contribution in [0.15, 0.2) is 0 Å². The molecule has 0 N–H and O–H groups in total. The van der Waals surface area contributed by atoms with Crippen molar-refractivity contribution in [3.63, 3.8) is 0 Å². The summed E-state index contributed by atoms with van der Waals surface area (Å²) in [7, 11) is 3.68. The van der Waals surface area contributed by atoms with Gasteiger partial charge in [-0.05, 0) is 0 Å². The minimum atomic E-state index is -3.25. The van der Waals surface area contributed by atoms with Gasteiger partial charge in [-0.1, -0.05) is 0 Å². The number of hydrogen-bond donors (Lipinski definition) is 0. The third-order valence-electron chi connectivity index (χ3n) is 0. The summed E-state index contributed by atoms with van der Waals surface area (Å²) in [5.41, 5.74) is 0. The molecule has 0 aliphatic rings. The van der Waals surface area contributed by atoms with Gasteiger partial charge in [0.15, 0.2) is 0 Å². The molecule has 0 unspecified atom stereocenters. The summed E-state index contributed by atoms with van der Waals surface area (Å²) in [6, 6.07) is 0. The van der Waals surface area contributed by atoms with Crippen LogP contribution >= 0.6 is 9.70 Å². The van der Waals surface area contributed by atoms with Crippen LogP contribution in [0.2, 0.25) is 0 Å². The topological polar surface area (TPSA) is 34.1 Å². The second-order valence-corrected chi connectivity index (χ2v) is 2.41. The Bertz CT molecular complexity index is 75.4. The predicted molar refractivity (Wildman–Crippen MR) is 8.96 cm³/mol. The molecule has 0 rings (SSSR count). The second kappa shape index (κ2) is 1.82. The molecule has 0 aromatic rings. The normalized spacial score (nSPS) is 3.75. The van der Waals surface area contributed by atoms with Crippen molar-refractivity contribution < 1.29 is 22.6 Å². The van der Waals surface area contributed by atoms with Crippen LogP contribution in [0, 0.1) is 0 Å². The monoisotopic (exact) mass is 112 g/mol. The zero-order chi connectivity index (χ0) is 3.58. The standard InChI is InChI=1S/2O.S.Ti. The van der Waals surface area contributed by atoms with Crippen LogP contribution < -0.4 is 0 Å². The first-order valence-electron chi connectivity index (χ1n) is 0.612. The Labute approximate surface area is 32.7 Å². The molecular formula is O2STi. The summed E-state index contributed by atoms with van der Waals surface area (Å²) in [6.45, 7) is 0. The fourth-order valence-corrected chi connectivity index (χ4v) is 0. The average molecular weight is 112 g/mol. The number of hydrogen-bond acceptors (Lipinski definition) is 3. The molecule has 0 aliphatic heterocycles. The van der Waals surface area contributed by atoms with Gasteiger partial charge < -0.3 is 0 Å². The van der Waals surface area contributed by atoms with Gasteiger partial charge in [-0.25, -0.2) is 0 Å². The Morgan fingerprint density at radius 2 is 1.50 bits per heavy atom. The zero-order valence-electron chi connectivity index (χ0n) is 1.72. The number of rotatable bonds is 0. The summed E-state index contributed by atoms with van der Waals surface area (Å²) >= 11 is -3.25. The van der Waals surface area contributed by atoms with Gasteiger partial charge in [0.25, 0.3) is 0 Å². The first kappa shape index (κ1) is 4.53. The Kier molecular flexibility index (Phi) is 2.06. The van der Waals surface area contributed by atoms with E-state index >= 15 is 0 Å². The van der Waals surface area contributed by atoms with Crippen molar-refractivity contribution in [2.24, 2.45) is 0 Å². The molecule has 0 aromatic carbocycles. The van der Waals surface area contributed by atoms with Crippen molar-refractivity contribution in [1.82, 2.24) is 0 Å². The van der Waals surface area contributed by atoms with E-state index in [1.165, 1.54) is 0 Å². The third kappa shape index (κ3) is 20.9. The van der Waals surface area contributed by atoms with Crippen molar-refractivity contribution in [2.75, 3.05) is 0 Å². The van der Waals surface area contributed by atoms with E-state index in [2.05, 4.69) is 9.70 Å². The molecule has 4 heteroatoms. The second-order valence-electron chi connectivity index (χ2n) is 0.250. The fraction of sp³-hybridized carbons (Fsp3) is 0. The van der Waals surface area contributed by atoms with Gasteiger partial charge >= 0.3 is 32.3 Å². The van der Waals surface area contributed by atoms with Crippen molar-refractivity contribution in [3.05, 3.63) is 0 Å². The van der Waals surface area contributed by atoms with Crippen LogP contribution in [0.1, 0.15) is 0 Å². The molecule has 0 heterocycles. The van der Waals surface area contributed by atoms with Crippen molar-refractivity contribution in [1.29, 1.82) is 0 Å². The van der Waals surface area contributed by atoms with Crippen LogP contribution in [0.5, 0.6) is 0 Å². The molecule has 0 spiro atoms. The van der Waals surface area contributed by atoms with Crippen LogP contribution in [0.4, 0.5) is 0 Å². The van der Waals surface area contributed by atoms with E-state index in [9.17, 15) is 0 Å². The molecule has 0 aliphatic carbocycles. The van der Waals surface area contributed by atoms with Gasteiger partial charge in [-0.3, -0.25) is 0 Å². The molecule has 0 radical (unpaired) electrons. The summed E-state index contributed by atoms with van der Waals surface area (Å²) in [6.07, 6.45) is 0. The molecule has 4 heavy (non-hydrogen) atoms. The van der Waals surface area contributed by atoms with Crippen LogP contribution in [-0.4, -0.2) is 0 Å². The Morgan fingerprint density at radius 1 is 1.50 bits per heavy atom. The van der Waals surface area contributed by atoms with E-state index in [1.807, 2.05) is 0 Å². The van der Waals surface area contributed by atoms with E-state index in [-0.39, 0.29) is 0 Å². The molecule has 0 amide bonds.